The summed E-state index contributed by atoms with van der Waals surface area (Å²) in [5, 5.41) is 9.12. The lowest BCUT2D eigenvalue weighted by Crippen LogP contribution is -2.22. The number of ether oxygens (including phenoxy) is 1. The van der Waals surface area contributed by atoms with E-state index in [1.54, 1.807) is 12.3 Å². The maximum Gasteiger partial charge on any atom is 0.263 e. The van der Waals surface area contributed by atoms with Gasteiger partial charge in [-0.25, -0.2) is 0 Å². The normalized spacial score (nSPS) is 11.2. The van der Waals surface area contributed by atoms with Gasteiger partial charge in [-0.15, -0.1) is 0 Å². The molecule has 0 unspecified atom stereocenters. The lowest BCUT2D eigenvalue weighted by molar-refractivity contribution is -0.118. The first kappa shape index (κ1) is 15.1. The van der Waals surface area contributed by atoms with Crippen LogP contribution in [0, 0.1) is 6.92 Å². The predicted octanol–water partition coefficient (Wildman–Crippen LogP) is 3.03. The molecule has 0 aliphatic heterocycles. The summed E-state index contributed by atoms with van der Waals surface area (Å²) < 4.78 is 5.68. The highest BCUT2D eigenvalue weighted by atomic mass is 16.5. The number of hydrogen-bond acceptors (Lipinski definition) is 3. The summed E-state index contributed by atoms with van der Waals surface area (Å²) in [6, 6.07) is 7.68. The number of aromatic amines is 1. The van der Waals surface area contributed by atoms with Crippen molar-refractivity contribution in [3.63, 3.8) is 0 Å². The Kier molecular flexibility index (Phi) is 4.31. The third-order valence-corrected chi connectivity index (χ3v) is 3.08. The first-order valence-electron chi connectivity index (χ1n) is 6.89. The molecular weight excluding hydrogens is 266 g/mol. The van der Waals surface area contributed by atoms with Crippen LogP contribution in [0.15, 0.2) is 30.5 Å². The fraction of sp³-hybridized carbons (Fsp3) is 0.375. The lowest BCUT2D eigenvalue weighted by Gasteiger charge is -2.23. The molecule has 5 heteroatoms. The number of carbonyl (C=O) groups excluding carboxylic acids is 1. The van der Waals surface area contributed by atoms with Gasteiger partial charge in [0, 0.05) is 6.07 Å². The van der Waals surface area contributed by atoms with Crippen molar-refractivity contribution < 1.29 is 9.53 Å². The number of hydrogen-bond donors (Lipinski definition) is 2. The minimum Gasteiger partial charge on any atom is -0.483 e. The van der Waals surface area contributed by atoms with Gasteiger partial charge in [-0.05, 0) is 24.0 Å². The van der Waals surface area contributed by atoms with E-state index in [-0.39, 0.29) is 17.9 Å². The molecule has 0 radical (unpaired) electrons. The van der Waals surface area contributed by atoms with E-state index in [0.717, 1.165) is 11.3 Å². The molecular formula is C16H21N3O2. The van der Waals surface area contributed by atoms with Crippen molar-refractivity contribution in [1.29, 1.82) is 0 Å². The van der Waals surface area contributed by atoms with E-state index >= 15 is 0 Å². The number of aromatic nitrogens is 2. The molecule has 2 N–H and O–H groups in total. The van der Waals surface area contributed by atoms with Gasteiger partial charge in [0.05, 0.1) is 6.20 Å². The third-order valence-electron chi connectivity index (χ3n) is 3.08. The minimum atomic E-state index is -0.223. The zero-order valence-electron chi connectivity index (χ0n) is 12.9. The number of nitrogens with zero attached hydrogens (tertiary/aromatic N) is 1. The summed E-state index contributed by atoms with van der Waals surface area (Å²) in [5.74, 6) is 1.08. The van der Waals surface area contributed by atoms with Crippen LogP contribution in [-0.2, 0) is 10.2 Å². The molecule has 0 aliphatic rings. The van der Waals surface area contributed by atoms with E-state index in [9.17, 15) is 4.79 Å². The van der Waals surface area contributed by atoms with Crippen LogP contribution in [-0.4, -0.2) is 22.7 Å². The third kappa shape index (κ3) is 4.08. The molecule has 112 valence electrons. The largest absolute Gasteiger partial charge is 0.483 e. The molecule has 5 nitrogen and oxygen atoms in total. The van der Waals surface area contributed by atoms with E-state index in [1.165, 1.54) is 5.56 Å². The Morgan fingerprint density at radius 2 is 2.10 bits per heavy atom. The highest BCUT2D eigenvalue weighted by Crippen LogP contribution is 2.32. The Morgan fingerprint density at radius 3 is 2.71 bits per heavy atom. The van der Waals surface area contributed by atoms with Gasteiger partial charge < -0.3 is 10.1 Å². The second-order valence-corrected chi connectivity index (χ2v) is 6.06. The maximum atomic E-state index is 11.8. The first-order chi connectivity index (χ1) is 9.86. The molecule has 1 aromatic heterocycles. The Balaban J connectivity index is 2.04. The van der Waals surface area contributed by atoms with Crippen molar-refractivity contribution in [2.45, 2.75) is 33.1 Å². The first-order valence-corrected chi connectivity index (χ1v) is 6.89. The number of carbonyl (C=O) groups is 1. The SMILES string of the molecule is Cc1ccc(OCC(=O)Nc2ccn[nH]2)c(C(C)(C)C)c1. The fourth-order valence-corrected chi connectivity index (χ4v) is 2.01. The van der Waals surface area contributed by atoms with Gasteiger partial charge in [0.1, 0.15) is 11.6 Å². The number of rotatable bonds is 4. The second-order valence-electron chi connectivity index (χ2n) is 6.06. The quantitative estimate of drug-likeness (QED) is 0.908. The molecule has 1 heterocycles. The van der Waals surface area contributed by atoms with Crippen LogP contribution >= 0.6 is 0 Å². The zero-order valence-corrected chi connectivity index (χ0v) is 12.9. The number of H-pyrrole nitrogens is 1. The molecule has 2 rings (SSSR count). The summed E-state index contributed by atoms with van der Waals surface area (Å²) in [4.78, 5) is 11.8. The average molecular weight is 287 g/mol. The monoisotopic (exact) mass is 287 g/mol. The van der Waals surface area contributed by atoms with Gasteiger partial charge in [0.2, 0.25) is 0 Å². The minimum absolute atomic E-state index is 0.0365. The van der Waals surface area contributed by atoms with Gasteiger partial charge in [-0.1, -0.05) is 38.5 Å². The molecule has 21 heavy (non-hydrogen) atoms. The number of anilines is 1. The van der Waals surface area contributed by atoms with Crippen LogP contribution in [0.25, 0.3) is 0 Å². The second kappa shape index (κ2) is 5.99. The molecule has 0 aliphatic carbocycles. The lowest BCUT2D eigenvalue weighted by atomic mass is 9.85. The molecule has 0 fully saturated rings. The molecule has 0 saturated carbocycles. The van der Waals surface area contributed by atoms with Crippen molar-refractivity contribution in [2.24, 2.45) is 0 Å². The zero-order chi connectivity index (χ0) is 15.5. The van der Waals surface area contributed by atoms with Crippen LogP contribution in [0.4, 0.5) is 5.82 Å². The topological polar surface area (TPSA) is 67.0 Å². The van der Waals surface area contributed by atoms with Crippen molar-refractivity contribution in [3.8, 4) is 5.75 Å². The number of nitrogens with one attached hydrogen (secondary N) is 2. The highest BCUT2D eigenvalue weighted by molar-refractivity contribution is 5.90. The smallest absolute Gasteiger partial charge is 0.263 e. The number of amides is 1. The molecule has 1 aromatic carbocycles. The van der Waals surface area contributed by atoms with Gasteiger partial charge >= 0.3 is 0 Å². The molecule has 0 saturated heterocycles. The summed E-state index contributed by atoms with van der Waals surface area (Å²) in [6.45, 7) is 8.38. The van der Waals surface area contributed by atoms with Gasteiger partial charge in [-0.2, -0.15) is 5.10 Å². The summed E-state index contributed by atoms with van der Waals surface area (Å²) in [6.07, 6.45) is 1.58. The summed E-state index contributed by atoms with van der Waals surface area (Å²) >= 11 is 0. The summed E-state index contributed by atoms with van der Waals surface area (Å²) in [7, 11) is 0. The van der Waals surface area contributed by atoms with E-state index in [0.29, 0.717) is 5.82 Å². The van der Waals surface area contributed by atoms with Gasteiger partial charge in [0.25, 0.3) is 5.91 Å². The standard InChI is InChI=1S/C16H21N3O2/c1-11-5-6-13(12(9-11)16(2,3)4)21-10-15(20)18-14-7-8-17-19-14/h5-9H,10H2,1-4H3,(H2,17,18,19,20). The molecule has 1 amide bonds. The Morgan fingerprint density at radius 1 is 1.33 bits per heavy atom. The molecule has 0 bridgehead atoms. The van der Waals surface area contributed by atoms with Crippen molar-refractivity contribution >= 4 is 11.7 Å². The average Bonchev–Trinajstić information content (AvgIpc) is 2.89. The Labute approximate surface area is 124 Å². The van der Waals surface area contributed by atoms with Gasteiger partial charge in [-0.3, -0.25) is 9.89 Å². The van der Waals surface area contributed by atoms with E-state index in [2.05, 4.69) is 42.4 Å². The van der Waals surface area contributed by atoms with Crippen LogP contribution in [0.1, 0.15) is 31.9 Å². The van der Waals surface area contributed by atoms with Crippen LogP contribution in [0.2, 0.25) is 0 Å². The number of benzene rings is 1. The van der Waals surface area contributed by atoms with Gasteiger partial charge in [0.15, 0.2) is 6.61 Å². The fourth-order valence-electron chi connectivity index (χ4n) is 2.01. The number of aryl methyl sites for hydroxylation is 1. The summed E-state index contributed by atoms with van der Waals surface area (Å²) in [5.41, 5.74) is 2.23. The Hall–Kier alpha value is -2.30. The van der Waals surface area contributed by atoms with E-state index < -0.39 is 0 Å². The van der Waals surface area contributed by atoms with Crippen molar-refractivity contribution in [2.75, 3.05) is 11.9 Å². The molecule has 2 aromatic rings. The van der Waals surface area contributed by atoms with Crippen molar-refractivity contribution in [1.82, 2.24) is 10.2 Å². The van der Waals surface area contributed by atoms with Crippen LogP contribution in [0.3, 0.4) is 0 Å². The molecule has 0 spiro atoms. The van der Waals surface area contributed by atoms with Crippen LogP contribution < -0.4 is 10.1 Å². The predicted molar refractivity (Wildman–Crippen MR) is 82.6 cm³/mol. The highest BCUT2D eigenvalue weighted by Gasteiger charge is 2.19. The molecule has 0 atom stereocenters. The van der Waals surface area contributed by atoms with E-state index in [1.807, 2.05) is 19.1 Å². The van der Waals surface area contributed by atoms with Crippen molar-refractivity contribution in [3.05, 3.63) is 41.6 Å². The Bertz CT molecular complexity index is 613. The maximum absolute atomic E-state index is 11.8. The van der Waals surface area contributed by atoms with Crippen LogP contribution in [0.5, 0.6) is 5.75 Å². The van der Waals surface area contributed by atoms with E-state index in [4.69, 9.17) is 4.74 Å².